The van der Waals surface area contributed by atoms with Gasteiger partial charge in [0.15, 0.2) is 5.82 Å². The molecule has 0 bridgehead atoms. The van der Waals surface area contributed by atoms with Gasteiger partial charge in [0.25, 0.3) is 0 Å². The third kappa shape index (κ3) is 6.20. The highest BCUT2D eigenvalue weighted by atomic mass is 15.6. The van der Waals surface area contributed by atoms with Crippen LogP contribution < -0.4 is 0 Å². The molecule has 0 saturated carbocycles. The monoisotopic (exact) mass is 678 g/mol. The number of unbranched alkanes of at least 4 members (excludes halogenated alkanes) is 1. The van der Waals surface area contributed by atoms with Crippen LogP contribution in [0.15, 0.2) is 164 Å². The van der Waals surface area contributed by atoms with Crippen LogP contribution in [0.1, 0.15) is 47.8 Å². The Balaban J connectivity index is 1.20. The Hall–Kier alpha value is -6.54. The number of nitrogens with zero attached hydrogens (tertiary/aromatic N) is 8. The van der Waals surface area contributed by atoms with Gasteiger partial charge in [-0.25, -0.2) is 9.67 Å². The third-order valence-corrected chi connectivity index (χ3v) is 9.59. The van der Waals surface area contributed by atoms with Crippen molar-refractivity contribution >= 4 is 0 Å². The van der Waals surface area contributed by atoms with Gasteiger partial charge in [0.05, 0.1) is 6.20 Å². The van der Waals surface area contributed by atoms with Crippen LogP contribution in [0.3, 0.4) is 0 Å². The van der Waals surface area contributed by atoms with Crippen LogP contribution in [0.4, 0.5) is 0 Å². The second kappa shape index (κ2) is 14.7. The molecule has 8 aromatic rings. The minimum absolute atomic E-state index is 0.673. The smallest absolute Gasteiger partial charge is 0.184 e. The summed E-state index contributed by atoms with van der Waals surface area (Å²) in [5.74, 6) is 1.73. The van der Waals surface area contributed by atoms with Gasteiger partial charge < -0.3 is 4.57 Å². The lowest BCUT2D eigenvalue weighted by atomic mass is 9.77. The van der Waals surface area contributed by atoms with Crippen LogP contribution in [0.25, 0.3) is 33.9 Å². The largest absolute Gasteiger partial charge is 0.330 e. The minimum Gasteiger partial charge on any atom is -0.330 e. The molecule has 5 aromatic carbocycles. The average molecular weight is 679 g/mol. The molecule has 3 heterocycles. The number of aromatic nitrogens is 8. The zero-order valence-corrected chi connectivity index (χ0v) is 29.0. The lowest BCUT2D eigenvalue weighted by molar-refractivity contribution is 0.451. The number of aryl methyl sites for hydroxylation is 1. The van der Waals surface area contributed by atoms with E-state index in [0.29, 0.717) is 12.4 Å². The predicted molar refractivity (Wildman–Crippen MR) is 204 cm³/mol. The van der Waals surface area contributed by atoms with Crippen LogP contribution >= 0.6 is 0 Å². The normalized spacial score (nSPS) is 11.5. The van der Waals surface area contributed by atoms with Crippen molar-refractivity contribution in [1.82, 2.24) is 39.7 Å². The molecule has 0 unspecified atom stereocenters. The van der Waals surface area contributed by atoms with Crippen molar-refractivity contribution in [3.8, 4) is 33.9 Å². The van der Waals surface area contributed by atoms with E-state index in [9.17, 15) is 0 Å². The Morgan fingerprint density at radius 3 is 1.85 bits per heavy atom. The van der Waals surface area contributed by atoms with Gasteiger partial charge in [-0.15, -0.1) is 5.10 Å². The molecular formula is C44H38N8. The van der Waals surface area contributed by atoms with E-state index < -0.39 is 5.54 Å². The van der Waals surface area contributed by atoms with Crippen LogP contribution in [0.2, 0.25) is 0 Å². The molecule has 52 heavy (non-hydrogen) atoms. The SMILES string of the molecule is CCCCc1nc(-c2cnccn2)cn1Cc1ccc(-c2ccccc2-c2nnnn2C(c2ccccc2)(c2ccccc2)c2ccccc2)cc1. The minimum atomic E-state index is -0.843. The van der Waals surface area contributed by atoms with Gasteiger partial charge in [0, 0.05) is 37.1 Å². The fourth-order valence-electron chi connectivity index (χ4n) is 7.08. The summed E-state index contributed by atoms with van der Waals surface area (Å²) in [5, 5.41) is 13.8. The Labute approximate surface area is 303 Å². The maximum absolute atomic E-state index is 4.95. The maximum atomic E-state index is 4.95. The highest BCUT2D eigenvalue weighted by Gasteiger charge is 2.42. The molecule has 8 heteroatoms. The van der Waals surface area contributed by atoms with Crippen molar-refractivity contribution in [3.63, 3.8) is 0 Å². The summed E-state index contributed by atoms with van der Waals surface area (Å²) in [4.78, 5) is 13.7. The van der Waals surface area contributed by atoms with Crippen LogP contribution in [-0.2, 0) is 18.5 Å². The first kappa shape index (κ1) is 32.7. The topological polar surface area (TPSA) is 87.2 Å². The first-order valence-electron chi connectivity index (χ1n) is 17.7. The number of hydrogen-bond acceptors (Lipinski definition) is 6. The second-order valence-corrected chi connectivity index (χ2v) is 12.8. The van der Waals surface area contributed by atoms with Crippen molar-refractivity contribution < 1.29 is 0 Å². The van der Waals surface area contributed by atoms with Crippen LogP contribution in [0, 0.1) is 0 Å². The molecule has 8 nitrogen and oxygen atoms in total. The molecule has 254 valence electrons. The summed E-state index contributed by atoms with van der Waals surface area (Å²) < 4.78 is 4.23. The molecule has 0 aliphatic rings. The molecule has 8 rings (SSSR count). The molecule has 0 N–H and O–H groups in total. The fraction of sp³-hybridized carbons (Fsp3) is 0.136. The Morgan fingerprint density at radius 2 is 1.25 bits per heavy atom. The Kier molecular flexibility index (Phi) is 9.26. The van der Waals surface area contributed by atoms with Crippen LogP contribution in [-0.4, -0.2) is 39.7 Å². The summed E-state index contributed by atoms with van der Waals surface area (Å²) >= 11 is 0. The van der Waals surface area contributed by atoms with Gasteiger partial charge in [-0.3, -0.25) is 9.97 Å². The van der Waals surface area contributed by atoms with E-state index >= 15 is 0 Å². The molecule has 0 amide bonds. The van der Waals surface area contributed by atoms with Gasteiger partial charge in [-0.1, -0.05) is 153 Å². The van der Waals surface area contributed by atoms with Gasteiger partial charge in [-0.2, -0.15) is 0 Å². The van der Waals surface area contributed by atoms with Crippen molar-refractivity contribution in [3.05, 3.63) is 192 Å². The summed E-state index contributed by atoms with van der Waals surface area (Å²) in [6.45, 7) is 2.91. The van der Waals surface area contributed by atoms with Gasteiger partial charge >= 0.3 is 0 Å². The van der Waals surface area contributed by atoms with E-state index in [0.717, 1.165) is 69.9 Å². The fourth-order valence-corrected chi connectivity index (χ4v) is 7.08. The summed E-state index contributed by atoms with van der Waals surface area (Å²) in [6, 6.07) is 48.6. The lowest BCUT2D eigenvalue weighted by Crippen LogP contribution is -2.39. The first-order chi connectivity index (χ1) is 25.8. The number of benzene rings is 5. The molecule has 0 atom stereocenters. The molecule has 0 spiro atoms. The molecule has 0 aliphatic carbocycles. The standard InChI is InChI=1S/C44H38N8/c1-2-3-23-42-47-41(40-30-45-28-29-46-40)32-51(42)31-33-24-26-34(27-25-33)38-21-13-14-22-39(38)43-48-49-50-52(43)44(35-15-7-4-8-16-35,36-17-9-5-10-18-36)37-19-11-6-12-20-37/h4-22,24-30,32H,2-3,23,31H2,1H3. The van der Waals surface area contributed by atoms with Crippen molar-refractivity contribution in [2.45, 2.75) is 38.3 Å². The quantitative estimate of drug-likeness (QED) is 0.120. The van der Waals surface area contributed by atoms with Crippen molar-refractivity contribution in [2.24, 2.45) is 0 Å². The van der Waals surface area contributed by atoms with Gasteiger partial charge in [0.1, 0.15) is 22.8 Å². The van der Waals surface area contributed by atoms with E-state index in [-0.39, 0.29) is 0 Å². The Bertz CT molecular complexity index is 2250. The number of tetrazole rings is 1. The molecule has 0 aliphatic heterocycles. The zero-order chi connectivity index (χ0) is 35.2. The molecule has 3 aromatic heterocycles. The number of imidazole rings is 1. The molecular weight excluding hydrogens is 641 g/mol. The van der Waals surface area contributed by atoms with Crippen LogP contribution in [0.5, 0.6) is 0 Å². The van der Waals surface area contributed by atoms with E-state index in [1.807, 2.05) is 28.9 Å². The molecule has 0 fully saturated rings. The van der Waals surface area contributed by atoms with E-state index in [1.54, 1.807) is 18.6 Å². The van der Waals surface area contributed by atoms with Gasteiger partial charge in [0.2, 0.25) is 0 Å². The van der Waals surface area contributed by atoms with Crippen molar-refractivity contribution in [2.75, 3.05) is 0 Å². The third-order valence-electron chi connectivity index (χ3n) is 9.59. The first-order valence-corrected chi connectivity index (χ1v) is 17.7. The molecule has 0 radical (unpaired) electrons. The van der Waals surface area contributed by atoms with E-state index in [1.165, 1.54) is 5.56 Å². The number of hydrogen-bond donors (Lipinski definition) is 0. The average Bonchev–Trinajstić information content (AvgIpc) is 3.87. The van der Waals surface area contributed by atoms with Crippen molar-refractivity contribution in [1.29, 1.82) is 0 Å². The summed E-state index contributed by atoms with van der Waals surface area (Å²) in [5.41, 5.74) is 8.21. The molecule has 0 saturated heterocycles. The zero-order valence-electron chi connectivity index (χ0n) is 29.0. The summed E-state index contributed by atoms with van der Waals surface area (Å²) in [7, 11) is 0. The lowest BCUT2D eigenvalue weighted by Gasteiger charge is -2.36. The summed E-state index contributed by atoms with van der Waals surface area (Å²) in [6.07, 6.45) is 10.3. The number of rotatable bonds is 12. The highest BCUT2D eigenvalue weighted by Crippen LogP contribution is 2.43. The maximum Gasteiger partial charge on any atom is 0.184 e. The Morgan fingerprint density at radius 1 is 0.635 bits per heavy atom. The van der Waals surface area contributed by atoms with Gasteiger partial charge in [-0.05, 0) is 50.2 Å². The second-order valence-electron chi connectivity index (χ2n) is 12.8. The predicted octanol–water partition coefficient (Wildman–Crippen LogP) is 8.89. The highest BCUT2D eigenvalue weighted by molar-refractivity contribution is 5.81. The van der Waals surface area contributed by atoms with E-state index in [4.69, 9.17) is 15.3 Å². The van der Waals surface area contributed by atoms with E-state index in [2.05, 4.69) is 148 Å².